The minimum atomic E-state index is 0.378. The SMILES string of the molecule is [O-][n+]1c(-c2ccccc2)sc(Cl)c1Br. The summed E-state index contributed by atoms with van der Waals surface area (Å²) in [4.78, 5) is 0. The Morgan fingerprint density at radius 3 is 2.43 bits per heavy atom. The number of thiazole rings is 1. The molecule has 2 nitrogen and oxygen atoms in total. The maximum Gasteiger partial charge on any atom is 0.289 e. The highest BCUT2D eigenvalue weighted by atomic mass is 79.9. The van der Waals surface area contributed by atoms with Gasteiger partial charge in [0.15, 0.2) is 4.34 Å². The standard InChI is InChI=1S/C9H5BrClNOS/c10-7-8(11)14-9(12(7)13)6-4-2-1-3-5-6/h1-5H. The third-order valence-corrected chi connectivity index (χ3v) is 4.32. The van der Waals surface area contributed by atoms with Gasteiger partial charge in [0, 0.05) is 15.9 Å². The molecule has 0 N–H and O–H groups in total. The zero-order valence-corrected chi connectivity index (χ0v) is 10.1. The number of aromatic nitrogens is 1. The van der Waals surface area contributed by atoms with Crippen molar-refractivity contribution in [3.8, 4) is 10.6 Å². The highest BCUT2D eigenvalue weighted by Gasteiger charge is 2.20. The summed E-state index contributed by atoms with van der Waals surface area (Å²) in [7, 11) is 0. The summed E-state index contributed by atoms with van der Waals surface area (Å²) in [6, 6.07) is 9.43. The molecule has 14 heavy (non-hydrogen) atoms. The van der Waals surface area contributed by atoms with Crippen molar-refractivity contribution in [2.24, 2.45) is 0 Å². The lowest BCUT2D eigenvalue weighted by Gasteiger charge is -1.97. The van der Waals surface area contributed by atoms with Crippen LogP contribution in [0.15, 0.2) is 34.9 Å². The summed E-state index contributed by atoms with van der Waals surface area (Å²) in [5.74, 6) is 0. The van der Waals surface area contributed by atoms with Crippen LogP contribution in [-0.2, 0) is 0 Å². The molecule has 0 radical (unpaired) electrons. The average molecular weight is 291 g/mol. The summed E-state index contributed by atoms with van der Waals surface area (Å²) in [5.41, 5.74) is 0.875. The molecule has 1 aromatic carbocycles. The van der Waals surface area contributed by atoms with Gasteiger partial charge in [-0.1, -0.05) is 29.8 Å². The predicted octanol–water partition coefficient (Wildman–Crippen LogP) is 3.46. The first-order valence-electron chi connectivity index (χ1n) is 3.83. The summed E-state index contributed by atoms with van der Waals surface area (Å²) in [5, 5.41) is 12.2. The lowest BCUT2D eigenvalue weighted by atomic mass is 10.2. The molecule has 0 amide bonds. The molecule has 0 saturated carbocycles. The first-order valence-corrected chi connectivity index (χ1v) is 5.81. The van der Waals surface area contributed by atoms with Crippen molar-refractivity contribution in [3.63, 3.8) is 0 Å². The smallest absolute Gasteiger partial charge is 0.289 e. The number of hydrogen-bond acceptors (Lipinski definition) is 2. The van der Waals surface area contributed by atoms with Crippen LogP contribution in [-0.4, -0.2) is 0 Å². The van der Waals surface area contributed by atoms with Gasteiger partial charge in [-0.2, -0.15) is 0 Å². The monoisotopic (exact) mass is 289 g/mol. The van der Waals surface area contributed by atoms with E-state index in [1.165, 1.54) is 11.3 Å². The Balaban J connectivity index is 2.58. The van der Waals surface area contributed by atoms with E-state index in [1.54, 1.807) is 0 Å². The van der Waals surface area contributed by atoms with E-state index in [1.807, 2.05) is 30.3 Å². The molecule has 2 rings (SSSR count). The molecular formula is C9H5BrClNOS. The van der Waals surface area contributed by atoms with Gasteiger partial charge >= 0.3 is 0 Å². The highest BCUT2D eigenvalue weighted by Crippen LogP contribution is 2.32. The second kappa shape index (κ2) is 3.88. The van der Waals surface area contributed by atoms with Gasteiger partial charge in [0.05, 0.1) is 5.56 Å². The zero-order valence-electron chi connectivity index (χ0n) is 6.91. The van der Waals surface area contributed by atoms with Crippen LogP contribution < -0.4 is 4.73 Å². The van der Waals surface area contributed by atoms with Gasteiger partial charge in [-0.25, -0.2) is 0 Å². The lowest BCUT2D eigenvalue weighted by molar-refractivity contribution is -0.600. The third-order valence-electron chi connectivity index (χ3n) is 1.73. The van der Waals surface area contributed by atoms with Gasteiger partial charge < -0.3 is 5.21 Å². The second-order valence-electron chi connectivity index (χ2n) is 2.63. The van der Waals surface area contributed by atoms with Crippen LogP contribution in [0, 0.1) is 5.21 Å². The molecule has 0 fully saturated rings. The summed E-state index contributed by atoms with van der Waals surface area (Å²) in [6.45, 7) is 0. The topological polar surface area (TPSA) is 26.9 Å². The second-order valence-corrected chi connectivity index (χ2v) is 4.98. The Bertz CT molecular complexity index is 457. The molecule has 0 atom stereocenters. The summed E-state index contributed by atoms with van der Waals surface area (Å²) < 4.78 is 1.64. The van der Waals surface area contributed by atoms with Crippen molar-refractivity contribution in [2.45, 2.75) is 0 Å². The number of benzene rings is 1. The average Bonchev–Trinajstić information content (AvgIpc) is 2.47. The van der Waals surface area contributed by atoms with Crippen LogP contribution in [0.1, 0.15) is 0 Å². The summed E-state index contributed by atoms with van der Waals surface area (Å²) >= 11 is 10.2. The molecule has 0 saturated heterocycles. The molecule has 0 aliphatic heterocycles. The largest absolute Gasteiger partial charge is 0.617 e. The van der Waals surface area contributed by atoms with Crippen LogP contribution in [0.3, 0.4) is 0 Å². The van der Waals surface area contributed by atoms with Gasteiger partial charge in [0.1, 0.15) is 0 Å². The third kappa shape index (κ3) is 1.65. The Hall–Kier alpha value is -0.580. The molecule has 0 aliphatic carbocycles. The number of hydrogen-bond donors (Lipinski definition) is 0. The number of nitrogens with zero attached hydrogens (tertiary/aromatic N) is 1. The molecule has 72 valence electrons. The summed E-state index contributed by atoms with van der Waals surface area (Å²) in [6.07, 6.45) is 0. The fourth-order valence-electron chi connectivity index (χ4n) is 1.09. The van der Waals surface area contributed by atoms with E-state index in [0.29, 0.717) is 13.9 Å². The van der Waals surface area contributed by atoms with Crippen molar-refractivity contribution in [3.05, 3.63) is 44.5 Å². The lowest BCUT2D eigenvalue weighted by Crippen LogP contribution is -2.27. The van der Waals surface area contributed by atoms with Gasteiger partial charge in [-0.05, 0) is 23.5 Å². The Morgan fingerprint density at radius 1 is 1.29 bits per heavy atom. The molecule has 1 aromatic heterocycles. The Morgan fingerprint density at radius 2 is 1.93 bits per heavy atom. The van der Waals surface area contributed by atoms with Gasteiger partial charge in [-0.15, -0.1) is 4.73 Å². The van der Waals surface area contributed by atoms with Crippen molar-refractivity contribution in [1.82, 2.24) is 0 Å². The zero-order chi connectivity index (χ0) is 10.1. The molecule has 2 aromatic rings. The molecule has 0 unspecified atom stereocenters. The van der Waals surface area contributed by atoms with Crippen LogP contribution in [0.5, 0.6) is 0 Å². The van der Waals surface area contributed by atoms with Gasteiger partial charge in [0.25, 0.3) is 9.61 Å². The van der Waals surface area contributed by atoms with E-state index in [4.69, 9.17) is 11.6 Å². The minimum absolute atomic E-state index is 0.378. The van der Waals surface area contributed by atoms with Crippen LogP contribution >= 0.6 is 38.9 Å². The van der Waals surface area contributed by atoms with Crippen molar-refractivity contribution < 1.29 is 4.73 Å². The number of halogens is 2. The van der Waals surface area contributed by atoms with E-state index in [-0.39, 0.29) is 0 Å². The van der Waals surface area contributed by atoms with E-state index < -0.39 is 0 Å². The van der Waals surface area contributed by atoms with Crippen molar-refractivity contribution in [2.75, 3.05) is 0 Å². The number of rotatable bonds is 1. The molecule has 1 heterocycles. The molecule has 5 heteroatoms. The van der Waals surface area contributed by atoms with E-state index >= 15 is 0 Å². The molecule has 0 aliphatic rings. The van der Waals surface area contributed by atoms with Crippen molar-refractivity contribution in [1.29, 1.82) is 0 Å². The fourth-order valence-corrected chi connectivity index (χ4v) is 2.69. The fraction of sp³-hybridized carbons (Fsp3) is 0. The Labute approximate surface area is 98.5 Å². The van der Waals surface area contributed by atoms with Crippen LogP contribution in [0.25, 0.3) is 10.6 Å². The van der Waals surface area contributed by atoms with Gasteiger partial charge in [-0.3, -0.25) is 0 Å². The maximum absolute atomic E-state index is 11.6. The molecule has 0 bridgehead atoms. The van der Waals surface area contributed by atoms with E-state index in [9.17, 15) is 5.21 Å². The first kappa shape index (κ1) is 9.96. The normalized spacial score (nSPS) is 10.4. The van der Waals surface area contributed by atoms with Crippen LogP contribution in [0.2, 0.25) is 4.34 Å². The molecular weight excluding hydrogens is 286 g/mol. The maximum atomic E-state index is 11.6. The predicted molar refractivity (Wildman–Crippen MR) is 61.4 cm³/mol. The van der Waals surface area contributed by atoms with Crippen LogP contribution in [0.4, 0.5) is 0 Å². The first-order chi connectivity index (χ1) is 6.70. The molecule has 0 spiro atoms. The van der Waals surface area contributed by atoms with E-state index in [2.05, 4.69) is 15.9 Å². The van der Waals surface area contributed by atoms with Crippen molar-refractivity contribution >= 4 is 38.9 Å². The van der Waals surface area contributed by atoms with Gasteiger partial charge in [0.2, 0.25) is 0 Å². The van der Waals surface area contributed by atoms with E-state index in [0.717, 1.165) is 10.3 Å². The Kier molecular flexibility index (Phi) is 2.76. The quantitative estimate of drug-likeness (QED) is 0.583. The minimum Gasteiger partial charge on any atom is -0.617 e. The highest BCUT2D eigenvalue weighted by molar-refractivity contribution is 9.10.